The van der Waals surface area contributed by atoms with Crippen LogP contribution in [0.15, 0.2) is 30.3 Å². The summed E-state index contributed by atoms with van der Waals surface area (Å²) in [6.45, 7) is 0. The fourth-order valence-corrected chi connectivity index (χ4v) is 2.14. The molecule has 1 aromatic rings. The molecule has 1 aliphatic rings. The highest BCUT2D eigenvalue weighted by molar-refractivity contribution is 9.09. The van der Waals surface area contributed by atoms with Crippen molar-refractivity contribution in [3.63, 3.8) is 0 Å². The summed E-state index contributed by atoms with van der Waals surface area (Å²) in [6.07, 6.45) is 0. The predicted octanol–water partition coefficient (Wildman–Crippen LogP) is 3.32. The van der Waals surface area contributed by atoms with Gasteiger partial charge in [0.25, 0.3) is 0 Å². The van der Waals surface area contributed by atoms with Crippen LogP contribution in [0.3, 0.4) is 0 Å². The number of para-hydroxylation sites is 1. The van der Waals surface area contributed by atoms with E-state index >= 15 is 0 Å². The number of hydrogen-bond acceptors (Lipinski definition) is 2. The van der Waals surface area contributed by atoms with Gasteiger partial charge in [-0.2, -0.15) is 0 Å². The summed E-state index contributed by atoms with van der Waals surface area (Å²) in [4.78, 5) is 0. The zero-order chi connectivity index (χ0) is 10.2. The van der Waals surface area contributed by atoms with Crippen LogP contribution < -0.4 is 4.74 Å². The number of halogens is 3. The van der Waals surface area contributed by atoms with Crippen molar-refractivity contribution in [2.45, 2.75) is 15.6 Å². The minimum atomic E-state index is -0.947. The Morgan fingerprint density at radius 2 is 2.00 bits per heavy atom. The summed E-state index contributed by atoms with van der Waals surface area (Å²) in [6, 6.07) is 9.33. The molecule has 1 aliphatic heterocycles. The first-order valence-electron chi connectivity index (χ1n) is 3.99. The van der Waals surface area contributed by atoms with Gasteiger partial charge in [-0.3, -0.25) is 0 Å². The fraction of sp³-hybridized carbons (Fsp3) is 0.333. The van der Waals surface area contributed by atoms with Gasteiger partial charge >= 0.3 is 0 Å². The minimum absolute atomic E-state index is 0.457. The molecule has 0 N–H and O–H groups in total. The molecule has 14 heavy (non-hydrogen) atoms. The zero-order valence-corrected chi connectivity index (χ0v) is 10.1. The first-order chi connectivity index (χ1) is 6.63. The molecule has 3 atom stereocenters. The Labute approximate surface area is 100 Å². The fourth-order valence-electron chi connectivity index (χ4n) is 0.980. The van der Waals surface area contributed by atoms with Crippen LogP contribution in [0.5, 0.6) is 5.75 Å². The van der Waals surface area contributed by atoms with Gasteiger partial charge in [0.15, 0.2) is 10.6 Å². The lowest BCUT2D eigenvalue weighted by Crippen LogP contribution is -2.25. The molecule has 0 saturated carbocycles. The summed E-state index contributed by atoms with van der Waals surface area (Å²) in [5.41, 5.74) is -0.503. The molecular weight excluding hydrogens is 291 g/mol. The van der Waals surface area contributed by atoms with Gasteiger partial charge in [-0.15, -0.1) is 0 Å². The topological polar surface area (TPSA) is 21.8 Å². The van der Waals surface area contributed by atoms with Crippen molar-refractivity contribution in [2.24, 2.45) is 0 Å². The van der Waals surface area contributed by atoms with E-state index in [0.717, 1.165) is 0 Å². The van der Waals surface area contributed by atoms with E-state index in [4.69, 9.17) is 32.7 Å². The monoisotopic (exact) mass is 296 g/mol. The smallest absolute Gasteiger partial charge is 0.230 e. The van der Waals surface area contributed by atoms with Crippen LogP contribution in [-0.4, -0.2) is 15.6 Å². The van der Waals surface area contributed by atoms with Crippen LogP contribution in [0.2, 0.25) is 0 Å². The van der Waals surface area contributed by atoms with Gasteiger partial charge in [-0.1, -0.05) is 41.4 Å². The largest absolute Gasteiger partial charge is 0.475 e. The van der Waals surface area contributed by atoms with E-state index in [-0.39, 0.29) is 0 Å². The van der Waals surface area contributed by atoms with Crippen LogP contribution in [0.1, 0.15) is 0 Å². The van der Waals surface area contributed by atoms with E-state index in [1.165, 1.54) is 0 Å². The lowest BCUT2D eigenvalue weighted by Gasteiger charge is -2.14. The Kier molecular flexibility index (Phi) is 2.93. The van der Waals surface area contributed by atoms with Crippen molar-refractivity contribution >= 4 is 39.1 Å². The van der Waals surface area contributed by atoms with Gasteiger partial charge < -0.3 is 9.47 Å². The average molecular weight is 298 g/mol. The molecule has 0 radical (unpaired) electrons. The van der Waals surface area contributed by atoms with Crippen LogP contribution in [-0.2, 0) is 4.74 Å². The van der Waals surface area contributed by atoms with Gasteiger partial charge in [-0.05, 0) is 28.1 Å². The highest BCUT2D eigenvalue weighted by Crippen LogP contribution is 2.49. The summed E-state index contributed by atoms with van der Waals surface area (Å²) in [5.74, 6) is 0.716. The second-order valence-corrected chi connectivity index (χ2v) is 4.70. The standard InChI is InChI=1S/C9H7BrCl2O2/c10-7(9(12)8(11)14-9)13-6-4-2-1-3-5-6/h1-5,7-8H. The Morgan fingerprint density at radius 3 is 2.50 bits per heavy atom. The van der Waals surface area contributed by atoms with Crippen molar-refractivity contribution in [3.8, 4) is 5.75 Å². The molecule has 0 spiro atoms. The lowest BCUT2D eigenvalue weighted by molar-refractivity contribution is 0.218. The van der Waals surface area contributed by atoms with E-state index in [1.807, 2.05) is 30.3 Å². The van der Waals surface area contributed by atoms with Gasteiger partial charge in [0.05, 0.1) is 0 Å². The summed E-state index contributed by atoms with van der Waals surface area (Å²) < 4.78 is 10.5. The van der Waals surface area contributed by atoms with Gasteiger partial charge in [0.2, 0.25) is 5.06 Å². The Hall–Kier alpha value is 0.0400. The summed E-state index contributed by atoms with van der Waals surface area (Å²) in [5, 5.41) is -1.40. The highest BCUT2D eigenvalue weighted by Gasteiger charge is 2.61. The average Bonchev–Trinajstić information content (AvgIpc) is 2.78. The van der Waals surface area contributed by atoms with Gasteiger partial charge in [0.1, 0.15) is 5.75 Å². The number of epoxide rings is 1. The Bertz CT molecular complexity index is 322. The SMILES string of the molecule is ClC1OC1(Cl)C(Br)Oc1ccccc1. The quantitative estimate of drug-likeness (QED) is 0.631. The van der Waals surface area contributed by atoms with Crippen molar-refractivity contribution in [2.75, 3.05) is 0 Å². The van der Waals surface area contributed by atoms with Crippen LogP contribution >= 0.6 is 39.1 Å². The van der Waals surface area contributed by atoms with Crippen LogP contribution in [0.25, 0.3) is 0 Å². The van der Waals surface area contributed by atoms with Crippen molar-refractivity contribution in [3.05, 3.63) is 30.3 Å². The number of hydrogen-bond donors (Lipinski definition) is 0. The number of ether oxygens (including phenoxy) is 2. The van der Waals surface area contributed by atoms with Gasteiger partial charge in [0, 0.05) is 0 Å². The molecule has 1 saturated heterocycles. The second-order valence-electron chi connectivity index (χ2n) is 2.88. The third-order valence-corrected chi connectivity index (χ3v) is 3.97. The second kappa shape index (κ2) is 3.89. The number of benzene rings is 1. The minimum Gasteiger partial charge on any atom is -0.475 e. The molecular formula is C9H7BrCl2O2. The highest BCUT2D eigenvalue weighted by atomic mass is 79.9. The maximum atomic E-state index is 5.97. The van der Waals surface area contributed by atoms with E-state index in [9.17, 15) is 0 Å². The van der Waals surface area contributed by atoms with Crippen LogP contribution in [0.4, 0.5) is 0 Å². The molecule has 2 rings (SSSR count). The first-order valence-corrected chi connectivity index (χ1v) is 5.72. The molecule has 1 aromatic carbocycles. The molecule has 3 unspecified atom stereocenters. The summed E-state index contributed by atoms with van der Waals surface area (Å²) >= 11 is 14.9. The van der Waals surface area contributed by atoms with E-state index < -0.39 is 15.6 Å². The molecule has 0 aliphatic carbocycles. The van der Waals surface area contributed by atoms with Crippen molar-refractivity contribution < 1.29 is 9.47 Å². The maximum Gasteiger partial charge on any atom is 0.230 e. The molecule has 5 heteroatoms. The first kappa shape index (κ1) is 10.6. The number of rotatable bonds is 3. The number of alkyl halides is 3. The molecule has 0 aromatic heterocycles. The van der Waals surface area contributed by atoms with Gasteiger partial charge in [-0.25, -0.2) is 0 Å². The normalized spacial score (nSPS) is 32.4. The van der Waals surface area contributed by atoms with E-state index in [0.29, 0.717) is 5.75 Å². The Morgan fingerprint density at radius 1 is 1.43 bits per heavy atom. The van der Waals surface area contributed by atoms with E-state index in [1.54, 1.807) is 0 Å². The Balaban J connectivity index is 1.99. The molecule has 1 heterocycles. The zero-order valence-electron chi connectivity index (χ0n) is 6.99. The van der Waals surface area contributed by atoms with E-state index in [2.05, 4.69) is 15.9 Å². The lowest BCUT2D eigenvalue weighted by atomic mass is 10.3. The molecule has 2 nitrogen and oxygen atoms in total. The third-order valence-electron chi connectivity index (χ3n) is 1.83. The van der Waals surface area contributed by atoms with Crippen LogP contribution in [0, 0.1) is 0 Å². The third kappa shape index (κ3) is 2.01. The molecule has 1 fully saturated rings. The molecule has 0 bridgehead atoms. The summed E-state index contributed by atoms with van der Waals surface area (Å²) in [7, 11) is 0. The molecule has 76 valence electrons. The molecule has 0 amide bonds. The predicted molar refractivity (Wildman–Crippen MR) is 59.1 cm³/mol. The van der Waals surface area contributed by atoms with Crippen molar-refractivity contribution in [1.82, 2.24) is 0 Å². The van der Waals surface area contributed by atoms with Crippen molar-refractivity contribution in [1.29, 1.82) is 0 Å². The maximum absolute atomic E-state index is 5.97.